The minimum Gasteiger partial charge on any atom is -0.493 e. The third-order valence-electron chi connectivity index (χ3n) is 11.8. The predicted octanol–water partition coefficient (Wildman–Crippen LogP) is 8.74. The summed E-state index contributed by atoms with van der Waals surface area (Å²) in [7, 11) is 3.02. The highest BCUT2D eigenvalue weighted by Crippen LogP contribution is 2.59. The Hall–Kier alpha value is -5.07. The number of hydrogen-bond acceptors (Lipinski definition) is 8. The maximum absolute atomic E-state index is 14.4. The van der Waals surface area contributed by atoms with Crippen LogP contribution in [0.1, 0.15) is 96.7 Å². The van der Waals surface area contributed by atoms with Crippen molar-refractivity contribution >= 4 is 11.7 Å². The van der Waals surface area contributed by atoms with Gasteiger partial charge in [-0.1, -0.05) is 48.9 Å². The number of alkyl halides is 3. The number of aliphatic hydroxyl groups is 2. The maximum atomic E-state index is 14.4. The van der Waals surface area contributed by atoms with E-state index in [1.165, 1.54) is 44.7 Å². The SMILES string of the molecule is COc1ccc(CC(=O)N(Cc2ccc(OC(F)(F)F)cc2)CC2(O)CCC3c4ccc(cc4C(=O)c4ccco4)CC(O)CCC(C)=CCCC32C)cc1OC. The van der Waals surface area contributed by atoms with E-state index in [4.69, 9.17) is 13.9 Å². The molecule has 2 bridgehead atoms. The Morgan fingerprint density at radius 2 is 1.68 bits per heavy atom. The van der Waals surface area contributed by atoms with Gasteiger partial charge in [0.05, 0.1) is 45.2 Å². The van der Waals surface area contributed by atoms with Crippen molar-refractivity contribution in [2.45, 2.75) is 95.7 Å². The molecule has 12 heteroatoms. The molecule has 4 unspecified atom stereocenters. The van der Waals surface area contributed by atoms with Crippen molar-refractivity contribution in [2.24, 2.45) is 5.41 Å². The number of nitrogens with zero attached hydrogens (tertiary/aromatic N) is 1. The van der Waals surface area contributed by atoms with Gasteiger partial charge in [-0.05, 0) is 123 Å². The largest absolute Gasteiger partial charge is 0.573 e. The number of ether oxygens (including phenoxy) is 3. The van der Waals surface area contributed by atoms with E-state index in [1.54, 1.807) is 35.2 Å². The van der Waals surface area contributed by atoms with E-state index in [1.807, 2.05) is 32.0 Å². The van der Waals surface area contributed by atoms with Crippen molar-refractivity contribution in [1.29, 1.82) is 0 Å². The van der Waals surface area contributed by atoms with Crippen molar-refractivity contribution in [2.75, 3.05) is 20.8 Å². The average Bonchev–Trinajstić information content (AvgIpc) is 3.80. The van der Waals surface area contributed by atoms with Gasteiger partial charge in [0.2, 0.25) is 11.7 Å². The van der Waals surface area contributed by atoms with E-state index in [9.17, 15) is 33.0 Å². The van der Waals surface area contributed by atoms with Gasteiger partial charge in [0, 0.05) is 17.5 Å². The zero-order chi connectivity index (χ0) is 41.0. The Labute approximate surface area is 331 Å². The molecule has 4 atom stereocenters. The molecule has 0 saturated heterocycles. The van der Waals surface area contributed by atoms with Crippen LogP contribution in [-0.2, 0) is 24.2 Å². The van der Waals surface area contributed by atoms with Gasteiger partial charge in [-0.25, -0.2) is 0 Å². The van der Waals surface area contributed by atoms with E-state index in [2.05, 4.69) is 10.8 Å². The second kappa shape index (κ2) is 17.2. The molecule has 0 spiro atoms. The molecule has 7 rings (SSSR count). The van der Waals surface area contributed by atoms with Crippen molar-refractivity contribution in [1.82, 2.24) is 4.90 Å². The monoisotopic (exact) mass is 789 g/mol. The Bertz CT molecular complexity index is 2060. The number of methoxy groups -OCH3 is 2. The number of ketones is 1. The molecule has 3 aliphatic rings. The summed E-state index contributed by atoms with van der Waals surface area (Å²) in [5, 5.41) is 24.0. The number of allylic oxidation sites excluding steroid dienone is 2. The molecule has 0 radical (unpaired) electrons. The van der Waals surface area contributed by atoms with Crippen LogP contribution in [-0.4, -0.2) is 65.6 Å². The highest BCUT2D eigenvalue weighted by Gasteiger charge is 2.57. The number of furan rings is 1. The number of halogens is 3. The number of aliphatic hydroxyl groups excluding tert-OH is 1. The number of fused-ring (bicyclic) bond motifs is 8. The Morgan fingerprint density at radius 1 is 0.947 bits per heavy atom. The lowest BCUT2D eigenvalue weighted by molar-refractivity contribution is -0.274. The zero-order valence-corrected chi connectivity index (χ0v) is 32.7. The number of carbonyl (C=O) groups excluding carboxylic acids is 2. The van der Waals surface area contributed by atoms with Crippen LogP contribution < -0.4 is 14.2 Å². The highest BCUT2D eigenvalue weighted by molar-refractivity contribution is 6.08. The number of amides is 1. The van der Waals surface area contributed by atoms with E-state index in [-0.39, 0.29) is 48.6 Å². The lowest BCUT2D eigenvalue weighted by atomic mass is 9.64. The van der Waals surface area contributed by atoms with Crippen LogP contribution in [0.2, 0.25) is 0 Å². The smallest absolute Gasteiger partial charge is 0.493 e. The quantitative estimate of drug-likeness (QED) is 0.115. The molecule has 1 aromatic heterocycles. The third kappa shape index (κ3) is 9.56. The summed E-state index contributed by atoms with van der Waals surface area (Å²) in [4.78, 5) is 30.1. The van der Waals surface area contributed by atoms with Crippen molar-refractivity contribution < 1.29 is 51.6 Å². The van der Waals surface area contributed by atoms with Gasteiger partial charge in [0.1, 0.15) is 5.75 Å². The molecular formula is C45H50F3NO8. The summed E-state index contributed by atoms with van der Waals surface area (Å²) in [5.41, 5.74) is 2.01. The van der Waals surface area contributed by atoms with E-state index in [0.717, 1.165) is 16.7 Å². The zero-order valence-electron chi connectivity index (χ0n) is 32.7. The Kier molecular flexibility index (Phi) is 12.5. The van der Waals surface area contributed by atoms with Crippen LogP contribution in [0, 0.1) is 5.41 Å². The van der Waals surface area contributed by atoms with Crippen molar-refractivity contribution in [3.05, 3.63) is 124 Å². The molecule has 1 fully saturated rings. The predicted molar refractivity (Wildman–Crippen MR) is 207 cm³/mol. The standard InChI is InChI=1S/C45H50F3NO8/c1-29-7-5-20-43(2)37(35-17-12-31(23-33(50)14-9-29)24-36(35)42(52)39-8-6-22-56-39)19-21-44(43,53)28-49(27-30-10-15-34(16-11-30)57-45(46,47)48)41(51)26-32-13-18-38(54-3)40(25-32)55-4/h6-8,10-13,15-18,22,24-25,33,37,50,53H,5,9,14,19-21,23,26-28H2,1-4H3. The number of hydrogen-bond donors (Lipinski definition) is 2. The molecule has 1 amide bonds. The average molecular weight is 790 g/mol. The molecular weight excluding hydrogens is 739 g/mol. The molecule has 0 aliphatic heterocycles. The molecule has 1 heterocycles. The summed E-state index contributed by atoms with van der Waals surface area (Å²) in [6.07, 6.45) is 1.65. The summed E-state index contributed by atoms with van der Waals surface area (Å²) < 4.78 is 59.4. The summed E-state index contributed by atoms with van der Waals surface area (Å²) in [6.45, 7) is 3.98. The Balaban J connectivity index is 1.40. The summed E-state index contributed by atoms with van der Waals surface area (Å²) in [6, 6.07) is 19.5. The lowest BCUT2D eigenvalue weighted by Gasteiger charge is -2.46. The first-order valence-corrected chi connectivity index (χ1v) is 19.2. The number of benzene rings is 3. The molecule has 2 N–H and O–H groups in total. The van der Waals surface area contributed by atoms with Crippen LogP contribution in [0.25, 0.3) is 0 Å². The van der Waals surface area contributed by atoms with Gasteiger partial charge in [-0.2, -0.15) is 0 Å². The molecule has 3 aliphatic carbocycles. The van der Waals surface area contributed by atoms with Crippen LogP contribution >= 0.6 is 0 Å². The fourth-order valence-electron chi connectivity index (χ4n) is 8.58. The fourth-order valence-corrected chi connectivity index (χ4v) is 8.58. The topological polar surface area (TPSA) is 119 Å². The van der Waals surface area contributed by atoms with E-state index in [0.29, 0.717) is 73.1 Å². The van der Waals surface area contributed by atoms with Crippen LogP contribution in [0.15, 0.2) is 95.1 Å². The van der Waals surface area contributed by atoms with Gasteiger partial charge in [0.15, 0.2) is 17.3 Å². The lowest BCUT2D eigenvalue weighted by Crippen LogP contribution is -2.53. The first-order chi connectivity index (χ1) is 27.1. The van der Waals surface area contributed by atoms with Crippen molar-refractivity contribution in [3.8, 4) is 17.2 Å². The van der Waals surface area contributed by atoms with Crippen molar-refractivity contribution in [3.63, 3.8) is 0 Å². The molecule has 1 saturated carbocycles. The molecule has 57 heavy (non-hydrogen) atoms. The van der Waals surface area contributed by atoms with Crippen LogP contribution in [0.4, 0.5) is 13.2 Å². The minimum absolute atomic E-state index is 0.000257. The summed E-state index contributed by atoms with van der Waals surface area (Å²) in [5.74, 6) is -0.178. The molecule has 3 aromatic carbocycles. The maximum Gasteiger partial charge on any atom is 0.573 e. The van der Waals surface area contributed by atoms with E-state index >= 15 is 0 Å². The second-order valence-electron chi connectivity index (χ2n) is 15.6. The van der Waals surface area contributed by atoms with Gasteiger partial charge in [-0.15, -0.1) is 13.2 Å². The summed E-state index contributed by atoms with van der Waals surface area (Å²) >= 11 is 0. The Morgan fingerprint density at radius 3 is 2.37 bits per heavy atom. The van der Waals surface area contributed by atoms with Crippen LogP contribution in [0.3, 0.4) is 0 Å². The van der Waals surface area contributed by atoms with Gasteiger partial charge >= 0.3 is 6.36 Å². The van der Waals surface area contributed by atoms with Crippen LogP contribution in [0.5, 0.6) is 17.2 Å². The molecule has 9 nitrogen and oxygen atoms in total. The van der Waals surface area contributed by atoms with Gasteiger partial charge in [0.25, 0.3) is 0 Å². The third-order valence-corrected chi connectivity index (χ3v) is 11.8. The molecule has 4 aromatic rings. The second-order valence-corrected chi connectivity index (χ2v) is 15.6. The normalized spacial score (nSPS) is 22.6. The number of carbonyl (C=O) groups is 2. The minimum atomic E-state index is -4.86. The highest BCUT2D eigenvalue weighted by atomic mass is 19.4. The van der Waals surface area contributed by atoms with Gasteiger partial charge < -0.3 is 33.7 Å². The first kappa shape index (κ1) is 41.6. The number of rotatable bonds is 11. The van der Waals surface area contributed by atoms with E-state index < -0.39 is 23.5 Å². The first-order valence-electron chi connectivity index (χ1n) is 19.2. The fraction of sp³-hybridized carbons (Fsp3) is 0.422. The molecule has 304 valence electrons. The van der Waals surface area contributed by atoms with Gasteiger partial charge in [-0.3, -0.25) is 9.59 Å².